The molecule has 0 amide bonds. The molecule has 19 heavy (non-hydrogen) atoms. The number of carboxylic acids is 1. The van der Waals surface area contributed by atoms with Crippen LogP contribution in [0.5, 0.6) is 0 Å². The van der Waals surface area contributed by atoms with Crippen LogP contribution in [-0.2, 0) is 4.79 Å². The van der Waals surface area contributed by atoms with Gasteiger partial charge in [-0.05, 0) is 31.2 Å². The Morgan fingerprint density at radius 1 is 1.32 bits per heavy atom. The number of carbonyl (C=O) groups is 1. The smallest absolute Gasteiger partial charge is 0.325 e. The van der Waals surface area contributed by atoms with Gasteiger partial charge >= 0.3 is 5.97 Å². The van der Waals surface area contributed by atoms with Crippen LogP contribution in [0.3, 0.4) is 0 Å². The fourth-order valence-electron chi connectivity index (χ4n) is 2.37. The highest BCUT2D eigenvalue weighted by atomic mass is 35.5. The largest absolute Gasteiger partial charge is 0.480 e. The van der Waals surface area contributed by atoms with Crippen LogP contribution in [-0.4, -0.2) is 54.1 Å². The van der Waals surface area contributed by atoms with Crippen molar-refractivity contribution in [2.75, 3.05) is 33.2 Å². The van der Waals surface area contributed by atoms with Gasteiger partial charge in [0.2, 0.25) is 0 Å². The van der Waals surface area contributed by atoms with E-state index in [0.29, 0.717) is 5.02 Å². The molecule has 0 radical (unpaired) electrons. The highest BCUT2D eigenvalue weighted by molar-refractivity contribution is 6.31. The van der Waals surface area contributed by atoms with Crippen LogP contribution < -0.4 is 0 Å². The molecule has 2 rings (SSSR count). The molecule has 0 spiro atoms. The lowest BCUT2D eigenvalue weighted by Gasteiger charge is -2.36. The Labute approximate surface area is 118 Å². The predicted molar refractivity (Wildman–Crippen MR) is 75.6 cm³/mol. The Kier molecular flexibility index (Phi) is 4.45. The number of rotatable bonds is 3. The highest BCUT2D eigenvalue weighted by Crippen LogP contribution is 2.26. The molecule has 0 saturated carbocycles. The topological polar surface area (TPSA) is 43.8 Å². The average Bonchev–Trinajstić information content (AvgIpc) is 2.36. The van der Waals surface area contributed by atoms with E-state index in [1.165, 1.54) is 0 Å². The van der Waals surface area contributed by atoms with E-state index in [-0.39, 0.29) is 0 Å². The van der Waals surface area contributed by atoms with Crippen LogP contribution in [0.15, 0.2) is 18.2 Å². The molecule has 1 N–H and O–H groups in total. The van der Waals surface area contributed by atoms with E-state index in [1.807, 2.05) is 24.0 Å². The van der Waals surface area contributed by atoms with Crippen molar-refractivity contribution in [3.8, 4) is 0 Å². The molecular formula is C14H19ClN2O2. The molecule has 1 heterocycles. The van der Waals surface area contributed by atoms with Crippen LogP contribution in [0, 0.1) is 6.92 Å². The summed E-state index contributed by atoms with van der Waals surface area (Å²) in [5.41, 5.74) is 1.72. The fraction of sp³-hybridized carbons (Fsp3) is 0.500. The van der Waals surface area contributed by atoms with Crippen molar-refractivity contribution < 1.29 is 9.90 Å². The molecule has 1 aromatic carbocycles. The van der Waals surface area contributed by atoms with E-state index in [2.05, 4.69) is 11.9 Å². The zero-order chi connectivity index (χ0) is 14.0. The Bertz CT molecular complexity index is 471. The van der Waals surface area contributed by atoms with Gasteiger partial charge < -0.3 is 10.0 Å². The number of hydrogen-bond donors (Lipinski definition) is 1. The second-order valence-corrected chi connectivity index (χ2v) is 5.50. The molecule has 0 bridgehead atoms. The lowest BCUT2D eigenvalue weighted by molar-refractivity contribution is -0.144. The maximum atomic E-state index is 11.6. The quantitative estimate of drug-likeness (QED) is 0.921. The van der Waals surface area contributed by atoms with E-state index in [4.69, 9.17) is 11.6 Å². The number of nitrogens with zero attached hydrogens (tertiary/aromatic N) is 2. The van der Waals surface area contributed by atoms with E-state index in [1.54, 1.807) is 6.07 Å². The summed E-state index contributed by atoms with van der Waals surface area (Å²) in [4.78, 5) is 15.8. The molecule has 1 atom stereocenters. The first kappa shape index (κ1) is 14.3. The second-order valence-electron chi connectivity index (χ2n) is 5.09. The fourth-order valence-corrected chi connectivity index (χ4v) is 2.56. The number of carboxylic acid groups (broad SMARTS) is 1. The first-order valence-corrected chi connectivity index (χ1v) is 6.78. The first-order chi connectivity index (χ1) is 8.99. The Balaban J connectivity index is 2.24. The third-order valence-corrected chi connectivity index (χ3v) is 4.06. The molecule has 1 aromatic rings. The Morgan fingerprint density at radius 3 is 2.47 bits per heavy atom. The van der Waals surface area contributed by atoms with Crippen LogP contribution in [0.4, 0.5) is 0 Å². The van der Waals surface area contributed by atoms with E-state index in [0.717, 1.165) is 37.3 Å². The minimum absolute atomic E-state index is 0.605. The summed E-state index contributed by atoms with van der Waals surface area (Å²) in [5, 5.41) is 10.1. The van der Waals surface area contributed by atoms with E-state index in [9.17, 15) is 9.90 Å². The minimum atomic E-state index is -0.815. The third-order valence-electron chi connectivity index (χ3n) is 3.65. The molecule has 4 nitrogen and oxygen atoms in total. The molecule has 1 fully saturated rings. The van der Waals surface area contributed by atoms with Crippen LogP contribution in [0.25, 0.3) is 0 Å². The van der Waals surface area contributed by atoms with Crippen molar-refractivity contribution in [3.05, 3.63) is 34.3 Å². The number of halogens is 1. The van der Waals surface area contributed by atoms with Gasteiger partial charge in [0.05, 0.1) is 0 Å². The van der Waals surface area contributed by atoms with Gasteiger partial charge in [0, 0.05) is 31.2 Å². The molecular weight excluding hydrogens is 264 g/mol. The van der Waals surface area contributed by atoms with Gasteiger partial charge in [-0.3, -0.25) is 9.69 Å². The first-order valence-electron chi connectivity index (χ1n) is 6.40. The van der Waals surface area contributed by atoms with Gasteiger partial charge in [-0.15, -0.1) is 0 Å². The predicted octanol–water partition coefficient (Wildman–Crippen LogP) is 2.02. The molecule has 104 valence electrons. The molecule has 1 saturated heterocycles. The van der Waals surface area contributed by atoms with Crippen LogP contribution >= 0.6 is 11.6 Å². The summed E-state index contributed by atoms with van der Waals surface area (Å²) in [6.07, 6.45) is 0. The zero-order valence-corrected chi connectivity index (χ0v) is 12.0. The minimum Gasteiger partial charge on any atom is -0.480 e. The van der Waals surface area contributed by atoms with Gasteiger partial charge in [-0.2, -0.15) is 0 Å². The van der Waals surface area contributed by atoms with Crippen molar-refractivity contribution in [2.24, 2.45) is 0 Å². The monoisotopic (exact) mass is 282 g/mol. The van der Waals surface area contributed by atoms with Gasteiger partial charge in [0.15, 0.2) is 0 Å². The number of benzene rings is 1. The van der Waals surface area contributed by atoms with Gasteiger partial charge in [0.1, 0.15) is 6.04 Å². The number of likely N-dealkylation sites (N-methyl/N-ethyl adjacent to an activating group) is 1. The maximum absolute atomic E-state index is 11.6. The standard InChI is InChI=1S/C14H19ClN2O2/c1-10-3-4-11(9-12(10)15)13(14(18)19)17-7-5-16(2)6-8-17/h3-4,9,13H,5-8H2,1-2H3,(H,18,19). The Morgan fingerprint density at radius 2 is 1.95 bits per heavy atom. The summed E-state index contributed by atoms with van der Waals surface area (Å²) >= 11 is 6.11. The van der Waals surface area contributed by atoms with E-state index >= 15 is 0 Å². The van der Waals surface area contributed by atoms with Gasteiger partial charge in [-0.25, -0.2) is 0 Å². The second kappa shape index (κ2) is 5.90. The van der Waals surface area contributed by atoms with Crippen molar-refractivity contribution in [1.29, 1.82) is 0 Å². The van der Waals surface area contributed by atoms with Gasteiger partial charge in [-0.1, -0.05) is 23.7 Å². The van der Waals surface area contributed by atoms with Crippen molar-refractivity contribution in [3.63, 3.8) is 0 Å². The molecule has 5 heteroatoms. The number of piperazine rings is 1. The lowest BCUT2D eigenvalue weighted by atomic mass is 10.0. The number of aliphatic carboxylic acids is 1. The average molecular weight is 283 g/mol. The Hall–Kier alpha value is -1.10. The zero-order valence-electron chi connectivity index (χ0n) is 11.3. The molecule has 1 aliphatic rings. The van der Waals surface area contributed by atoms with E-state index < -0.39 is 12.0 Å². The van der Waals surface area contributed by atoms with Crippen molar-refractivity contribution in [2.45, 2.75) is 13.0 Å². The molecule has 1 aliphatic heterocycles. The molecule has 1 unspecified atom stereocenters. The van der Waals surface area contributed by atoms with Crippen LogP contribution in [0.2, 0.25) is 5.02 Å². The summed E-state index contributed by atoms with van der Waals surface area (Å²) in [5.74, 6) is -0.815. The molecule has 0 aromatic heterocycles. The molecule has 0 aliphatic carbocycles. The van der Waals surface area contributed by atoms with Crippen LogP contribution in [0.1, 0.15) is 17.2 Å². The van der Waals surface area contributed by atoms with Gasteiger partial charge in [0.25, 0.3) is 0 Å². The summed E-state index contributed by atoms with van der Waals surface area (Å²) < 4.78 is 0. The summed E-state index contributed by atoms with van der Waals surface area (Å²) in [7, 11) is 2.05. The normalized spacial score (nSPS) is 19.3. The van der Waals surface area contributed by atoms with Crippen molar-refractivity contribution in [1.82, 2.24) is 9.80 Å². The lowest BCUT2D eigenvalue weighted by Crippen LogP contribution is -2.47. The number of hydrogen-bond acceptors (Lipinski definition) is 3. The highest BCUT2D eigenvalue weighted by Gasteiger charge is 2.29. The summed E-state index contributed by atoms with van der Waals surface area (Å²) in [6, 6.07) is 4.91. The maximum Gasteiger partial charge on any atom is 0.325 e. The summed E-state index contributed by atoms with van der Waals surface area (Å²) in [6.45, 7) is 5.22. The number of aryl methyl sites for hydroxylation is 1. The SMILES string of the molecule is Cc1ccc(C(C(=O)O)N2CCN(C)CC2)cc1Cl. The third kappa shape index (κ3) is 3.26. The van der Waals surface area contributed by atoms with Crippen molar-refractivity contribution >= 4 is 17.6 Å².